The number of amides is 1. The molecule has 1 atom stereocenters. The van der Waals surface area contributed by atoms with Gasteiger partial charge in [0.15, 0.2) is 5.58 Å². The molecule has 7 nitrogen and oxygen atoms in total. The number of carbonyl (C=O) groups is 1. The van der Waals surface area contributed by atoms with Crippen LogP contribution in [-0.4, -0.2) is 33.9 Å². The summed E-state index contributed by atoms with van der Waals surface area (Å²) < 4.78 is 5.83. The zero-order valence-electron chi connectivity index (χ0n) is 16.5. The number of benzene rings is 1. The molecule has 7 heteroatoms. The summed E-state index contributed by atoms with van der Waals surface area (Å²) >= 11 is 0. The maximum atomic E-state index is 12.8. The second kappa shape index (κ2) is 7.22. The molecule has 2 aromatic heterocycles. The van der Waals surface area contributed by atoms with E-state index in [9.17, 15) is 4.79 Å². The number of fused-ring (bicyclic) bond motifs is 1. The van der Waals surface area contributed by atoms with Crippen LogP contribution >= 0.6 is 0 Å². The summed E-state index contributed by atoms with van der Waals surface area (Å²) in [6.45, 7) is 7.67. The van der Waals surface area contributed by atoms with Crippen LogP contribution in [0.4, 0.5) is 11.6 Å². The van der Waals surface area contributed by atoms with E-state index in [1.165, 1.54) is 0 Å². The zero-order valence-corrected chi connectivity index (χ0v) is 16.5. The Hall–Kier alpha value is -2.96. The zero-order chi connectivity index (χ0) is 19.7. The number of piperidine rings is 1. The monoisotopic (exact) mass is 379 g/mol. The van der Waals surface area contributed by atoms with Crippen molar-refractivity contribution in [2.45, 2.75) is 39.0 Å². The lowest BCUT2D eigenvalue weighted by atomic mass is 9.97. The lowest BCUT2D eigenvalue weighted by molar-refractivity contribution is -0.120. The van der Waals surface area contributed by atoms with Crippen molar-refractivity contribution in [3.8, 4) is 0 Å². The molecule has 28 heavy (non-hydrogen) atoms. The van der Waals surface area contributed by atoms with E-state index in [1.54, 1.807) is 18.5 Å². The highest BCUT2D eigenvalue weighted by atomic mass is 16.3. The van der Waals surface area contributed by atoms with Crippen molar-refractivity contribution in [3.05, 3.63) is 42.5 Å². The lowest BCUT2D eigenvalue weighted by Crippen LogP contribution is -2.41. The first-order valence-electron chi connectivity index (χ1n) is 9.64. The molecule has 1 aliphatic heterocycles. The summed E-state index contributed by atoms with van der Waals surface area (Å²) in [6, 6.07) is 7.38. The fourth-order valence-electron chi connectivity index (χ4n) is 3.40. The first-order valence-corrected chi connectivity index (χ1v) is 9.64. The van der Waals surface area contributed by atoms with E-state index in [4.69, 9.17) is 4.42 Å². The maximum Gasteiger partial charge on any atom is 0.229 e. The van der Waals surface area contributed by atoms with Gasteiger partial charge in [-0.25, -0.2) is 15.0 Å². The highest BCUT2D eigenvalue weighted by Crippen LogP contribution is 2.28. The minimum atomic E-state index is -0.159. The van der Waals surface area contributed by atoms with Gasteiger partial charge in [-0.2, -0.15) is 0 Å². The Morgan fingerprint density at radius 1 is 1.25 bits per heavy atom. The van der Waals surface area contributed by atoms with Crippen molar-refractivity contribution in [3.63, 3.8) is 0 Å². The first kappa shape index (κ1) is 18.4. The standard InChI is InChI=1S/C21H25N5O2/c1-21(2,3)19-25-16-12-15(7-8-17(16)28-19)24-18(27)14-6-4-11-26(13-14)20-22-9-5-10-23-20/h5,7-10,12,14H,4,6,11,13H2,1-3H3,(H,24,27). The summed E-state index contributed by atoms with van der Waals surface area (Å²) in [5, 5.41) is 3.04. The molecular formula is C21H25N5O2. The average molecular weight is 379 g/mol. The fourth-order valence-corrected chi connectivity index (χ4v) is 3.40. The largest absolute Gasteiger partial charge is 0.440 e. The van der Waals surface area contributed by atoms with Crippen LogP contribution in [0.2, 0.25) is 0 Å². The summed E-state index contributed by atoms with van der Waals surface area (Å²) in [5.74, 6) is 1.28. The minimum absolute atomic E-state index is 0.0134. The Morgan fingerprint density at radius 2 is 2.04 bits per heavy atom. The smallest absolute Gasteiger partial charge is 0.229 e. The molecule has 1 saturated heterocycles. The third kappa shape index (κ3) is 3.83. The molecule has 1 aromatic carbocycles. The third-order valence-electron chi connectivity index (χ3n) is 4.92. The van der Waals surface area contributed by atoms with Crippen LogP contribution in [0.5, 0.6) is 0 Å². The van der Waals surface area contributed by atoms with Gasteiger partial charge in [0.1, 0.15) is 5.52 Å². The number of carbonyl (C=O) groups excluding carboxylic acids is 1. The highest BCUT2D eigenvalue weighted by Gasteiger charge is 2.27. The fraction of sp³-hybridized carbons (Fsp3) is 0.429. The van der Waals surface area contributed by atoms with E-state index >= 15 is 0 Å². The van der Waals surface area contributed by atoms with Crippen LogP contribution in [0, 0.1) is 5.92 Å². The van der Waals surface area contributed by atoms with Gasteiger partial charge in [-0.1, -0.05) is 20.8 Å². The second-order valence-electron chi connectivity index (χ2n) is 8.27. The van der Waals surface area contributed by atoms with Gasteiger partial charge >= 0.3 is 0 Å². The number of nitrogens with zero attached hydrogens (tertiary/aromatic N) is 4. The predicted octanol–water partition coefficient (Wildman–Crippen LogP) is 3.77. The summed E-state index contributed by atoms with van der Waals surface area (Å²) in [7, 11) is 0. The Labute approximate surface area is 164 Å². The van der Waals surface area contributed by atoms with Crippen LogP contribution in [0.1, 0.15) is 39.5 Å². The summed E-state index contributed by atoms with van der Waals surface area (Å²) in [4.78, 5) is 28.1. The molecular weight excluding hydrogens is 354 g/mol. The number of aromatic nitrogens is 3. The van der Waals surface area contributed by atoms with Crippen molar-refractivity contribution < 1.29 is 9.21 Å². The van der Waals surface area contributed by atoms with E-state index in [0.717, 1.165) is 36.2 Å². The predicted molar refractivity (Wildman–Crippen MR) is 108 cm³/mol. The lowest BCUT2D eigenvalue weighted by Gasteiger charge is -2.31. The number of nitrogens with one attached hydrogen (secondary N) is 1. The number of anilines is 2. The Balaban J connectivity index is 1.47. The molecule has 1 unspecified atom stereocenters. The maximum absolute atomic E-state index is 12.8. The van der Waals surface area contributed by atoms with Crippen molar-refractivity contribution in [1.82, 2.24) is 15.0 Å². The van der Waals surface area contributed by atoms with E-state index in [2.05, 4.69) is 45.9 Å². The first-order chi connectivity index (χ1) is 13.4. The molecule has 1 fully saturated rings. The summed E-state index contributed by atoms with van der Waals surface area (Å²) in [6.07, 6.45) is 5.25. The van der Waals surface area contributed by atoms with Gasteiger partial charge in [0, 0.05) is 36.6 Å². The van der Waals surface area contributed by atoms with Gasteiger partial charge in [0.25, 0.3) is 0 Å². The molecule has 0 radical (unpaired) electrons. The van der Waals surface area contributed by atoms with Crippen LogP contribution < -0.4 is 10.2 Å². The molecule has 0 spiro atoms. The molecule has 0 saturated carbocycles. The second-order valence-corrected chi connectivity index (χ2v) is 8.27. The highest BCUT2D eigenvalue weighted by molar-refractivity contribution is 5.94. The van der Waals surface area contributed by atoms with Gasteiger partial charge in [-0.05, 0) is 37.1 Å². The van der Waals surface area contributed by atoms with Crippen LogP contribution in [0.15, 0.2) is 41.1 Å². The van der Waals surface area contributed by atoms with E-state index in [-0.39, 0.29) is 17.2 Å². The normalized spacial score (nSPS) is 17.7. The molecule has 1 N–H and O–H groups in total. The molecule has 146 valence electrons. The molecule has 3 aromatic rings. The van der Waals surface area contributed by atoms with Crippen molar-refractivity contribution in [2.75, 3.05) is 23.3 Å². The van der Waals surface area contributed by atoms with Gasteiger partial charge in [0.05, 0.1) is 5.92 Å². The average Bonchev–Trinajstić information content (AvgIpc) is 3.13. The third-order valence-corrected chi connectivity index (χ3v) is 4.92. The topological polar surface area (TPSA) is 84.2 Å². The van der Waals surface area contributed by atoms with Crippen LogP contribution in [0.3, 0.4) is 0 Å². The van der Waals surface area contributed by atoms with E-state index in [1.807, 2.05) is 18.2 Å². The van der Waals surface area contributed by atoms with Gasteiger partial charge in [-0.15, -0.1) is 0 Å². The molecule has 1 amide bonds. The summed E-state index contributed by atoms with van der Waals surface area (Å²) in [5.41, 5.74) is 2.06. The van der Waals surface area contributed by atoms with E-state index < -0.39 is 0 Å². The van der Waals surface area contributed by atoms with Crippen LogP contribution in [0.25, 0.3) is 11.1 Å². The van der Waals surface area contributed by atoms with Gasteiger partial charge < -0.3 is 14.6 Å². The van der Waals surface area contributed by atoms with Crippen molar-refractivity contribution in [2.24, 2.45) is 5.92 Å². The SMILES string of the molecule is CC(C)(C)c1nc2cc(NC(=O)C3CCCN(c4ncccn4)C3)ccc2o1. The minimum Gasteiger partial charge on any atom is -0.440 e. The van der Waals surface area contributed by atoms with Crippen LogP contribution in [-0.2, 0) is 10.2 Å². The van der Waals surface area contributed by atoms with Crippen molar-refractivity contribution >= 4 is 28.6 Å². The molecule has 1 aliphatic rings. The number of hydrogen-bond acceptors (Lipinski definition) is 6. The molecule has 0 bridgehead atoms. The van der Waals surface area contributed by atoms with Gasteiger partial charge in [0.2, 0.25) is 17.7 Å². The number of rotatable bonds is 3. The number of hydrogen-bond donors (Lipinski definition) is 1. The Morgan fingerprint density at radius 3 is 2.79 bits per heavy atom. The van der Waals surface area contributed by atoms with Crippen molar-refractivity contribution in [1.29, 1.82) is 0 Å². The molecule has 0 aliphatic carbocycles. The quantitative estimate of drug-likeness (QED) is 0.746. The van der Waals surface area contributed by atoms with E-state index in [0.29, 0.717) is 18.4 Å². The molecule has 3 heterocycles. The Kier molecular flexibility index (Phi) is 4.75. The number of oxazole rings is 1. The Bertz CT molecular complexity index is 977. The molecule has 4 rings (SSSR count). The van der Waals surface area contributed by atoms with Gasteiger partial charge in [-0.3, -0.25) is 4.79 Å².